The first-order valence-corrected chi connectivity index (χ1v) is 7.99. The second-order valence-corrected chi connectivity index (χ2v) is 5.49. The third-order valence-corrected chi connectivity index (χ3v) is 3.95. The van der Waals surface area contributed by atoms with Crippen molar-refractivity contribution < 1.29 is 0 Å². The molecule has 2 unspecified atom stereocenters. The maximum atomic E-state index is 3.71. The number of halogens is 1. The molecule has 0 aromatic carbocycles. The average Bonchev–Trinajstić information content (AvgIpc) is 2.37. The predicted octanol–water partition coefficient (Wildman–Crippen LogP) is 5.43. The molecule has 18 heavy (non-hydrogen) atoms. The lowest BCUT2D eigenvalue weighted by molar-refractivity contribution is 0.372. The van der Waals surface area contributed by atoms with E-state index in [9.17, 15) is 0 Å². The van der Waals surface area contributed by atoms with Crippen molar-refractivity contribution in [3.8, 4) is 0 Å². The van der Waals surface area contributed by atoms with Crippen LogP contribution in [-0.2, 0) is 0 Å². The van der Waals surface area contributed by atoms with Crippen LogP contribution in [-0.4, -0.2) is 13.1 Å². The van der Waals surface area contributed by atoms with E-state index in [-0.39, 0.29) is 12.4 Å². The van der Waals surface area contributed by atoms with Crippen molar-refractivity contribution in [2.75, 3.05) is 13.1 Å². The standard InChI is InChI=1S/C16H35N.ClH/c1-5-9-11-15(7-3)13-17-14-16(8-4)12-10-6-2;/h15-17H,5-14H2,1-4H3;1H. The van der Waals surface area contributed by atoms with Gasteiger partial charge in [0.2, 0.25) is 0 Å². The number of rotatable bonds is 12. The zero-order chi connectivity index (χ0) is 12.9. The highest BCUT2D eigenvalue weighted by atomic mass is 35.5. The van der Waals surface area contributed by atoms with Crippen LogP contribution in [0, 0.1) is 11.8 Å². The van der Waals surface area contributed by atoms with Crippen molar-refractivity contribution in [2.45, 2.75) is 79.1 Å². The van der Waals surface area contributed by atoms with Gasteiger partial charge in [-0.25, -0.2) is 0 Å². The van der Waals surface area contributed by atoms with Crippen molar-refractivity contribution in [2.24, 2.45) is 11.8 Å². The van der Waals surface area contributed by atoms with E-state index in [0.29, 0.717) is 0 Å². The summed E-state index contributed by atoms with van der Waals surface area (Å²) in [5.74, 6) is 1.80. The van der Waals surface area contributed by atoms with E-state index < -0.39 is 0 Å². The molecule has 0 fully saturated rings. The van der Waals surface area contributed by atoms with Gasteiger partial charge in [0, 0.05) is 0 Å². The monoisotopic (exact) mass is 277 g/mol. The molecule has 2 atom stereocenters. The first-order chi connectivity index (χ1) is 8.28. The Morgan fingerprint density at radius 1 is 0.722 bits per heavy atom. The second-order valence-electron chi connectivity index (χ2n) is 5.49. The Morgan fingerprint density at radius 3 is 1.39 bits per heavy atom. The van der Waals surface area contributed by atoms with Crippen LogP contribution in [0.1, 0.15) is 79.1 Å². The van der Waals surface area contributed by atoms with Gasteiger partial charge in [-0.1, -0.05) is 66.2 Å². The Morgan fingerprint density at radius 2 is 1.11 bits per heavy atom. The lowest BCUT2D eigenvalue weighted by Gasteiger charge is -2.19. The van der Waals surface area contributed by atoms with Gasteiger partial charge in [0.15, 0.2) is 0 Å². The van der Waals surface area contributed by atoms with Crippen LogP contribution < -0.4 is 5.32 Å². The Labute approximate surface area is 122 Å². The molecule has 0 aromatic heterocycles. The molecule has 0 bridgehead atoms. The average molecular weight is 278 g/mol. The fraction of sp³-hybridized carbons (Fsp3) is 1.00. The maximum absolute atomic E-state index is 3.71. The van der Waals surface area contributed by atoms with E-state index in [1.165, 1.54) is 64.5 Å². The molecule has 2 heteroatoms. The van der Waals surface area contributed by atoms with Crippen LogP contribution in [0.15, 0.2) is 0 Å². The summed E-state index contributed by atoms with van der Waals surface area (Å²) in [7, 11) is 0. The van der Waals surface area contributed by atoms with Gasteiger partial charge < -0.3 is 5.32 Å². The van der Waals surface area contributed by atoms with Crippen LogP contribution in [0.4, 0.5) is 0 Å². The molecule has 1 N–H and O–H groups in total. The summed E-state index contributed by atoms with van der Waals surface area (Å²) >= 11 is 0. The number of unbranched alkanes of at least 4 members (excludes halogenated alkanes) is 2. The molecule has 0 aliphatic heterocycles. The highest BCUT2D eigenvalue weighted by molar-refractivity contribution is 5.85. The third-order valence-electron chi connectivity index (χ3n) is 3.95. The van der Waals surface area contributed by atoms with Gasteiger partial charge in [-0.15, -0.1) is 12.4 Å². The van der Waals surface area contributed by atoms with Crippen molar-refractivity contribution in [3.63, 3.8) is 0 Å². The smallest absolute Gasteiger partial charge is 0.00205 e. The van der Waals surface area contributed by atoms with Gasteiger partial charge >= 0.3 is 0 Å². The van der Waals surface area contributed by atoms with Crippen LogP contribution in [0.3, 0.4) is 0 Å². The largest absolute Gasteiger partial charge is 0.316 e. The summed E-state index contributed by atoms with van der Waals surface area (Å²) < 4.78 is 0. The molecule has 0 saturated carbocycles. The molecule has 0 aromatic rings. The Bertz CT molecular complexity index is 134. The van der Waals surface area contributed by atoms with Crippen LogP contribution >= 0.6 is 12.4 Å². The Hall–Kier alpha value is 0.250. The summed E-state index contributed by atoms with van der Waals surface area (Å²) in [6.45, 7) is 11.7. The number of hydrogen-bond acceptors (Lipinski definition) is 1. The fourth-order valence-electron chi connectivity index (χ4n) is 2.38. The molecule has 112 valence electrons. The zero-order valence-corrected chi connectivity index (χ0v) is 14.0. The van der Waals surface area contributed by atoms with Crippen molar-refractivity contribution in [1.82, 2.24) is 5.32 Å². The van der Waals surface area contributed by atoms with Gasteiger partial charge in [0.05, 0.1) is 0 Å². The Balaban J connectivity index is 0. The zero-order valence-electron chi connectivity index (χ0n) is 13.1. The quantitative estimate of drug-likeness (QED) is 0.501. The van der Waals surface area contributed by atoms with E-state index in [0.717, 1.165) is 11.8 Å². The van der Waals surface area contributed by atoms with Crippen LogP contribution in [0.5, 0.6) is 0 Å². The molecule has 0 rings (SSSR count). The minimum absolute atomic E-state index is 0. The second kappa shape index (κ2) is 15.3. The van der Waals surface area contributed by atoms with Gasteiger partial charge in [-0.2, -0.15) is 0 Å². The first kappa shape index (κ1) is 20.6. The highest BCUT2D eigenvalue weighted by Gasteiger charge is 2.08. The number of nitrogens with one attached hydrogen (secondary N) is 1. The fourth-order valence-corrected chi connectivity index (χ4v) is 2.38. The van der Waals surface area contributed by atoms with Gasteiger partial charge in [-0.3, -0.25) is 0 Å². The van der Waals surface area contributed by atoms with Crippen LogP contribution in [0.2, 0.25) is 0 Å². The van der Waals surface area contributed by atoms with E-state index in [4.69, 9.17) is 0 Å². The molecule has 0 aliphatic rings. The summed E-state index contributed by atoms with van der Waals surface area (Å²) in [5, 5.41) is 3.71. The maximum Gasteiger partial charge on any atom is -0.00205 e. The molecule has 0 amide bonds. The highest BCUT2D eigenvalue weighted by Crippen LogP contribution is 2.13. The number of hydrogen-bond donors (Lipinski definition) is 1. The molecule has 0 heterocycles. The summed E-state index contributed by atoms with van der Waals surface area (Å²) in [6.07, 6.45) is 10.9. The predicted molar refractivity (Wildman–Crippen MR) is 86.7 cm³/mol. The lowest BCUT2D eigenvalue weighted by atomic mass is 9.97. The minimum Gasteiger partial charge on any atom is -0.316 e. The van der Waals surface area contributed by atoms with E-state index >= 15 is 0 Å². The molecule has 0 aliphatic carbocycles. The van der Waals surface area contributed by atoms with Crippen molar-refractivity contribution in [3.05, 3.63) is 0 Å². The molecule has 0 saturated heterocycles. The van der Waals surface area contributed by atoms with Crippen molar-refractivity contribution >= 4 is 12.4 Å². The summed E-state index contributed by atoms with van der Waals surface area (Å²) in [4.78, 5) is 0. The van der Waals surface area contributed by atoms with Gasteiger partial charge in [0.1, 0.15) is 0 Å². The normalized spacial score (nSPS) is 14.0. The Kier molecular flexibility index (Phi) is 17.5. The van der Waals surface area contributed by atoms with E-state index in [1.54, 1.807) is 0 Å². The molecule has 0 radical (unpaired) electrons. The third kappa shape index (κ3) is 11.3. The van der Waals surface area contributed by atoms with Gasteiger partial charge in [-0.05, 0) is 37.8 Å². The topological polar surface area (TPSA) is 12.0 Å². The molecule has 0 spiro atoms. The van der Waals surface area contributed by atoms with E-state index in [1.807, 2.05) is 0 Å². The molecular weight excluding hydrogens is 242 g/mol. The van der Waals surface area contributed by atoms with E-state index in [2.05, 4.69) is 33.0 Å². The molecule has 1 nitrogen and oxygen atoms in total. The molecular formula is C16H36ClN. The van der Waals surface area contributed by atoms with Crippen molar-refractivity contribution in [1.29, 1.82) is 0 Å². The summed E-state index contributed by atoms with van der Waals surface area (Å²) in [6, 6.07) is 0. The van der Waals surface area contributed by atoms with Crippen LogP contribution in [0.25, 0.3) is 0 Å². The lowest BCUT2D eigenvalue weighted by Crippen LogP contribution is -2.28. The minimum atomic E-state index is 0. The summed E-state index contributed by atoms with van der Waals surface area (Å²) in [5.41, 5.74) is 0. The first-order valence-electron chi connectivity index (χ1n) is 7.99. The SMILES string of the molecule is CCCCC(CC)CNCC(CC)CCCC.Cl. The van der Waals surface area contributed by atoms with Gasteiger partial charge in [0.25, 0.3) is 0 Å².